The number of H-pyrrole nitrogens is 1. The highest BCUT2D eigenvalue weighted by molar-refractivity contribution is 6.00. The minimum absolute atomic E-state index is 0.0390. The second-order valence-electron chi connectivity index (χ2n) is 12.0. The largest absolute Gasteiger partial charge is 0.342 e. The SMILES string of the molecule is CCCC1(C(=O)Nc2ccc3[nH]nc(-c4ccnc(C)c4)c3c2)CCN(CC(=O)N2CCC(C3=CCC=C3)CC2)C1. The Labute approximate surface area is 241 Å². The maximum absolute atomic E-state index is 13.8. The van der Waals surface area contributed by atoms with Crippen molar-refractivity contribution in [3.05, 3.63) is 66.0 Å². The molecule has 1 atom stereocenters. The van der Waals surface area contributed by atoms with Crippen LogP contribution in [-0.2, 0) is 9.59 Å². The molecule has 0 bridgehead atoms. The number of aryl methyl sites for hydroxylation is 1. The lowest BCUT2D eigenvalue weighted by molar-refractivity contribution is -0.134. The van der Waals surface area contributed by atoms with E-state index in [4.69, 9.17) is 0 Å². The second kappa shape index (κ2) is 11.6. The third-order valence-electron chi connectivity index (χ3n) is 9.11. The highest BCUT2D eigenvalue weighted by atomic mass is 16.2. The van der Waals surface area contributed by atoms with Crippen LogP contribution in [0.25, 0.3) is 22.2 Å². The maximum atomic E-state index is 13.8. The van der Waals surface area contributed by atoms with Crippen LogP contribution < -0.4 is 5.32 Å². The van der Waals surface area contributed by atoms with Gasteiger partial charge < -0.3 is 10.2 Å². The number of aromatic nitrogens is 3. The van der Waals surface area contributed by atoms with Crippen LogP contribution in [0.4, 0.5) is 5.69 Å². The first-order valence-corrected chi connectivity index (χ1v) is 15.0. The lowest BCUT2D eigenvalue weighted by Gasteiger charge is -2.34. The van der Waals surface area contributed by atoms with E-state index in [1.54, 1.807) is 6.20 Å². The number of pyridine rings is 1. The number of nitrogens with one attached hydrogen (secondary N) is 2. The molecular formula is C33H40N6O2. The third kappa shape index (κ3) is 5.71. The van der Waals surface area contributed by atoms with Crippen molar-refractivity contribution < 1.29 is 9.59 Å². The summed E-state index contributed by atoms with van der Waals surface area (Å²) in [5, 5.41) is 11.8. The van der Waals surface area contributed by atoms with E-state index >= 15 is 0 Å². The second-order valence-corrected chi connectivity index (χ2v) is 12.0. The summed E-state index contributed by atoms with van der Waals surface area (Å²) in [5.41, 5.74) is 5.39. The van der Waals surface area contributed by atoms with Crippen LogP contribution in [-0.4, -0.2) is 69.5 Å². The number of anilines is 1. The fourth-order valence-electron chi connectivity index (χ4n) is 6.88. The van der Waals surface area contributed by atoms with Gasteiger partial charge in [0.2, 0.25) is 11.8 Å². The van der Waals surface area contributed by atoms with Gasteiger partial charge in [0.05, 0.1) is 17.5 Å². The van der Waals surface area contributed by atoms with Crippen molar-refractivity contribution in [1.29, 1.82) is 0 Å². The molecule has 1 aromatic carbocycles. The molecule has 0 radical (unpaired) electrons. The molecule has 1 aliphatic carbocycles. The maximum Gasteiger partial charge on any atom is 0.236 e. The molecule has 2 fully saturated rings. The Morgan fingerprint density at radius 3 is 2.76 bits per heavy atom. The average Bonchev–Trinajstić information content (AvgIpc) is 3.74. The molecule has 4 heterocycles. The third-order valence-corrected chi connectivity index (χ3v) is 9.11. The van der Waals surface area contributed by atoms with Gasteiger partial charge in [0.15, 0.2) is 0 Å². The minimum atomic E-state index is -0.500. The number of nitrogens with zero attached hydrogens (tertiary/aromatic N) is 4. The zero-order valence-corrected chi connectivity index (χ0v) is 24.2. The Hall–Kier alpha value is -3.78. The summed E-state index contributed by atoms with van der Waals surface area (Å²) in [7, 11) is 0. The molecule has 1 unspecified atom stereocenters. The number of carbonyl (C=O) groups excluding carboxylic acids is 2. The smallest absolute Gasteiger partial charge is 0.236 e. The van der Waals surface area contributed by atoms with E-state index in [1.165, 1.54) is 5.57 Å². The van der Waals surface area contributed by atoms with Gasteiger partial charge in [-0.2, -0.15) is 5.10 Å². The molecule has 2 amide bonds. The summed E-state index contributed by atoms with van der Waals surface area (Å²) in [4.78, 5) is 35.6. The van der Waals surface area contributed by atoms with Crippen molar-refractivity contribution in [3.8, 4) is 11.3 Å². The van der Waals surface area contributed by atoms with Crippen LogP contribution in [0.3, 0.4) is 0 Å². The van der Waals surface area contributed by atoms with E-state index in [9.17, 15) is 9.59 Å². The van der Waals surface area contributed by atoms with Gasteiger partial charge in [-0.05, 0) is 87.4 Å². The fraction of sp³-hybridized carbons (Fsp3) is 0.455. The van der Waals surface area contributed by atoms with Gasteiger partial charge in [-0.3, -0.25) is 24.6 Å². The van der Waals surface area contributed by atoms with E-state index in [0.717, 1.165) is 91.7 Å². The van der Waals surface area contributed by atoms with Crippen molar-refractivity contribution in [2.24, 2.45) is 11.3 Å². The van der Waals surface area contributed by atoms with E-state index < -0.39 is 5.41 Å². The molecule has 3 aromatic rings. The number of hydrogen-bond donors (Lipinski definition) is 2. The molecule has 0 spiro atoms. The first-order valence-electron chi connectivity index (χ1n) is 15.0. The standard InChI is InChI=1S/C33H40N6O2/c1-3-13-33(14-18-38(22-33)21-30(40)39-16-11-25(12-17-39)24-6-4-5-7-24)32(41)35-27-8-9-29-28(20-27)31(37-36-29)26-10-15-34-23(2)19-26/h4,6-10,15,19-20,25H,3,5,11-14,16-18,21-22H2,1-2H3,(H,35,41)(H,36,37). The van der Waals surface area contributed by atoms with Crippen molar-refractivity contribution in [2.75, 3.05) is 38.0 Å². The predicted molar refractivity (Wildman–Crippen MR) is 162 cm³/mol. The van der Waals surface area contributed by atoms with Gasteiger partial charge in [-0.25, -0.2) is 0 Å². The molecule has 0 saturated carbocycles. The number of carbonyl (C=O) groups is 2. The first-order chi connectivity index (χ1) is 19.9. The summed E-state index contributed by atoms with van der Waals surface area (Å²) in [6.45, 7) is 7.50. The number of hydrogen-bond acceptors (Lipinski definition) is 5. The number of amides is 2. The molecule has 3 aliphatic rings. The Kier molecular flexibility index (Phi) is 7.75. The molecule has 41 heavy (non-hydrogen) atoms. The highest BCUT2D eigenvalue weighted by Crippen LogP contribution is 2.37. The van der Waals surface area contributed by atoms with Crippen LogP contribution in [0.1, 0.15) is 51.1 Å². The van der Waals surface area contributed by atoms with E-state index in [-0.39, 0.29) is 11.8 Å². The first kappa shape index (κ1) is 27.4. The summed E-state index contributed by atoms with van der Waals surface area (Å²) in [5.74, 6) is 0.810. The summed E-state index contributed by atoms with van der Waals surface area (Å²) < 4.78 is 0. The number of rotatable bonds is 8. The molecule has 2 aliphatic heterocycles. The quantitative estimate of drug-likeness (QED) is 0.386. The summed E-state index contributed by atoms with van der Waals surface area (Å²) in [6.07, 6.45) is 14.2. The Morgan fingerprint density at radius 1 is 1.15 bits per heavy atom. The van der Waals surface area contributed by atoms with Crippen molar-refractivity contribution in [2.45, 2.75) is 52.4 Å². The Morgan fingerprint density at radius 2 is 2.00 bits per heavy atom. The van der Waals surface area contributed by atoms with Crippen molar-refractivity contribution in [1.82, 2.24) is 25.0 Å². The highest BCUT2D eigenvalue weighted by Gasteiger charge is 2.44. The molecule has 6 rings (SSSR count). The van der Waals surface area contributed by atoms with Crippen LogP contribution in [0, 0.1) is 18.3 Å². The number of piperidine rings is 1. The number of fused-ring (bicyclic) bond motifs is 1. The number of allylic oxidation sites excluding steroid dienone is 4. The molecule has 8 heteroatoms. The van der Waals surface area contributed by atoms with Crippen molar-refractivity contribution >= 4 is 28.4 Å². The van der Waals surface area contributed by atoms with Crippen LogP contribution >= 0.6 is 0 Å². The Balaban J connectivity index is 1.10. The average molecular weight is 553 g/mol. The predicted octanol–water partition coefficient (Wildman–Crippen LogP) is 5.49. The zero-order valence-electron chi connectivity index (χ0n) is 24.2. The van der Waals surface area contributed by atoms with Gasteiger partial charge in [-0.1, -0.05) is 31.6 Å². The van der Waals surface area contributed by atoms with Gasteiger partial charge in [0.1, 0.15) is 5.69 Å². The number of aromatic amines is 1. The molecular weight excluding hydrogens is 512 g/mol. The lowest BCUT2D eigenvalue weighted by Crippen LogP contribution is -2.45. The molecule has 214 valence electrons. The summed E-state index contributed by atoms with van der Waals surface area (Å²) >= 11 is 0. The van der Waals surface area contributed by atoms with Crippen LogP contribution in [0.2, 0.25) is 0 Å². The summed E-state index contributed by atoms with van der Waals surface area (Å²) in [6, 6.07) is 9.85. The van der Waals surface area contributed by atoms with Gasteiger partial charge in [0, 0.05) is 48.2 Å². The lowest BCUT2D eigenvalue weighted by atomic mass is 9.81. The van der Waals surface area contributed by atoms with Crippen molar-refractivity contribution in [3.63, 3.8) is 0 Å². The van der Waals surface area contributed by atoms with Gasteiger partial charge >= 0.3 is 0 Å². The molecule has 2 aromatic heterocycles. The van der Waals surface area contributed by atoms with E-state index in [2.05, 4.69) is 50.5 Å². The van der Waals surface area contributed by atoms with E-state index in [0.29, 0.717) is 19.0 Å². The number of likely N-dealkylation sites (tertiary alicyclic amines) is 2. The van der Waals surface area contributed by atoms with Crippen LogP contribution in [0.15, 0.2) is 60.3 Å². The Bertz CT molecular complexity index is 1500. The van der Waals surface area contributed by atoms with Gasteiger partial charge in [0.25, 0.3) is 0 Å². The number of benzene rings is 1. The monoisotopic (exact) mass is 552 g/mol. The zero-order chi connectivity index (χ0) is 28.4. The van der Waals surface area contributed by atoms with E-state index in [1.807, 2.05) is 42.2 Å². The molecule has 2 saturated heterocycles. The minimum Gasteiger partial charge on any atom is -0.342 e. The normalized spacial score (nSPS) is 21.5. The van der Waals surface area contributed by atoms with Crippen LogP contribution in [0.5, 0.6) is 0 Å². The molecule has 8 nitrogen and oxygen atoms in total. The molecule has 2 N–H and O–H groups in total. The fourth-order valence-corrected chi connectivity index (χ4v) is 6.88. The topological polar surface area (TPSA) is 94.2 Å². The van der Waals surface area contributed by atoms with Gasteiger partial charge in [-0.15, -0.1) is 0 Å².